The molecule has 2 rings (SSSR count). The maximum atomic E-state index is 11.4. The van der Waals surface area contributed by atoms with Crippen molar-refractivity contribution >= 4 is 17.1 Å². The van der Waals surface area contributed by atoms with Gasteiger partial charge in [0.15, 0.2) is 5.52 Å². The zero-order valence-electron chi connectivity index (χ0n) is 7.84. The molecule has 0 unspecified atom stereocenters. The standard InChI is InChI=1S/C7H7N5O4/c8-7-10-4-3(5(14)11-7)9-2(1-13)6(15)12(4)16/h13,16H,1H2,(H3,8,10,11,14). The minimum atomic E-state index is -0.951. The van der Waals surface area contributed by atoms with Crippen molar-refractivity contribution in [2.45, 2.75) is 6.61 Å². The van der Waals surface area contributed by atoms with Crippen molar-refractivity contribution in [3.63, 3.8) is 0 Å². The average Bonchev–Trinajstić information content (AvgIpc) is 2.24. The molecule has 2 aromatic rings. The number of nitrogen functional groups attached to an aromatic ring is 1. The number of nitrogens with two attached hydrogens (primary N) is 1. The Labute approximate surface area is 86.8 Å². The van der Waals surface area contributed by atoms with E-state index in [-0.39, 0.29) is 27.5 Å². The van der Waals surface area contributed by atoms with Crippen LogP contribution in [0.5, 0.6) is 0 Å². The van der Waals surface area contributed by atoms with E-state index in [2.05, 4.69) is 15.0 Å². The van der Waals surface area contributed by atoms with Crippen LogP contribution in [0.3, 0.4) is 0 Å². The summed E-state index contributed by atoms with van der Waals surface area (Å²) in [4.78, 5) is 32.0. The Balaban J connectivity index is 3.05. The van der Waals surface area contributed by atoms with Crippen LogP contribution in [0.2, 0.25) is 0 Å². The van der Waals surface area contributed by atoms with Gasteiger partial charge in [-0.15, -0.1) is 4.73 Å². The lowest BCUT2D eigenvalue weighted by atomic mass is 10.4. The summed E-state index contributed by atoms with van der Waals surface area (Å²) in [5, 5.41) is 18.2. The summed E-state index contributed by atoms with van der Waals surface area (Å²) in [5.74, 6) is -0.252. The Morgan fingerprint density at radius 1 is 1.38 bits per heavy atom. The van der Waals surface area contributed by atoms with E-state index in [4.69, 9.17) is 10.8 Å². The van der Waals surface area contributed by atoms with Gasteiger partial charge in [-0.2, -0.15) is 4.98 Å². The van der Waals surface area contributed by atoms with E-state index >= 15 is 0 Å². The van der Waals surface area contributed by atoms with Gasteiger partial charge in [0.05, 0.1) is 6.61 Å². The van der Waals surface area contributed by atoms with Crippen LogP contribution >= 0.6 is 0 Å². The Morgan fingerprint density at radius 3 is 2.69 bits per heavy atom. The van der Waals surface area contributed by atoms with Gasteiger partial charge < -0.3 is 16.0 Å². The molecule has 9 heteroatoms. The summed E-state index contributed by atoms with van der Waals surface area (Å²) in [6.07, 6.45) is 0. The van der Waals surface area contributed by atoms with Gasteiger partial charge in [-0.05, 0) is 0 Å². The normalized spacial score (nSPS) is 10.8. The van der Waals surface area contributed by atoms with Crippen LogP contribution in [0.1, 0.15) is 5.69 Å². The summed E-state index contributed by atoms with van der Waals surface area (Å²) < 4.78 is 0.124. The summed E-state index contributed by atoms with van der Waals surface area (Å²) in [7, 11) is 0. The number of hydrogen-bond donors (Lipinski definition) is 4. The molecule has 0 fully saturated rings. The minimum absolute atomic E-state index is 0.124. The van der Waals surface area contributed by atoms with E-state index in [0.717, 1.165) is 0 Å². The van der Waals surface area contributed by atoms with Crippen LogP contribution in [0.25, 0.3) is 11.2 Å². The molecule has 0 spiro atoms. The minimum Gasteiger partial charge on any atom is -0.423 e. The zero-order valence-corrected chi connectivity index (χ0v) is 7.84. The number of aromatic amines is 1. The van der Waals surface area contributed by atoms with E-state index in [1.165, 1.54) is 0 Å². The van der Waals surface area contributed by atoms with Crippen LogP contribution in [-0.2, 0) is 6.61 Å². The first-order valence-electron chi connectivity index (χ1n) is 4.16. The summed E-state index contributed by atoms with van der Waals surface area (Å²) in [5.41, 5.74) is 2.59. The highest BCUT2D eigenvalue weighted by Crippen LogP contribution is 2.02. The van der Waals surface area contributed by atoms with E-state index < -0.39 is 17.7 Å². The lowest BCUT2D eigenvalue weighted by Crippen LogP contribution is -2.28. The highest BCUT2D eigenvalue weighted by atomic mass is 16.5. The maximum Gasteiger partial charge on any atom is 0.309 e. The van der Waals surface area contributed by atoms with Crippen molar-refractivity contribution in [3.05, 3.63) is 26.4 Å². The van der Waals surface area contributed by atoms with Crippen molar-refractivity contribution < 1.29 is 10.3 Å². The molecule has 0 radical (unpaired) electrons. The third kappa shape index (κ3) is 1.30. The van der Waals surface area contributed by atoms with Gasteiger partial charge in [-0.25, -0.2) is 4.98 Å². The largest absolute Gasteiger partial charge is 0.423 e. The van der Waals surface area contributed by atoms with Gasteiger partial charge in [-0.3, -0.25) is 14.6 Å². The van der Waals surface area contributed by atoms with Crippen molar-refractivity contribution in [1.82, 2.24) is 19.7 Å². The lowest BCUT2D eigenvalue weighted by molar-refractivity contribution is 0.180. The highest BCUT2D eigenvalue weighted by molar-refractivity contribution is 5.69. The van der Waals surface area contributed by atoms with Crippen molar-refractivity contribution in [2.75, 3.05) is 5.73 Å². The molecule has 0 aliphatic carbocycles. The first kappa shape index (κ1) is 10.1. The second kappa shape index (κ2) is 3.31. The first-order valence-corrected chi connectivity index (χ1v) is 4.16. The Kier molecular flexibility index (Phi) is 2.09. The molecular formula is C7H7N5O4. The number of anilines is 1. The average molecular weight is 225 g/mol. The van der Waals surface area contributed by atoms with Crippen LogP contribution in [-0.4, -0.2) is 30.0 Å². The van der Waals surface area contributed by atoms with Gasteiger partial charge in [-0.1, -0.05) is 0 Å². The maximum absolute atomic E-state index is 11.4. The Bertz CT molecular complexity index is 673. The Morgan fingerprint density at radius 2 is 2.06 bits per heavy atom. The molecule has 0 bridgehead atoms. The smallest absolute Gasteiger partial charge is 0.309 e. The van der Waals surface area contributed by atoms with Gasteiger partial charge in [0.2, 0.25) is 11.6 Å². The molecule has 0 saturated heterocycles. The Hall–Kier alpha value is -2.42. The van der Waals surface area contributed by atoms with E-state index in [1.54, 1.807) is 0 Å². The molecule has 0 aliphatic heterocycles. The molecule has 0 aromatic carbocycles. The molecule has 5 N–H and O–H groups in total. The second-order valence-electron chi connectivity index (χ2n) is 2.96. The molecule has 0 amide bonds. The van der Waals surface area contributed by atoms with Gasteiger partial charge in [0, 0.05) is 0 Å². The van der Waals surface area contributed by atoms with Crippen LogP contribution in [0.4, 0.5) is 5.95 Å². The number of nitrogens with zero attached hydrogens (tertiary/aromatic N) is 3. The first-order chi connectivity index (χ1) is 7.54. The fourth-order valence-corrected chi connectivity index (χ4v) is 1.22. The molecular weight excluding hydrogens is 218 g/mol. The summed E-state index contributed by atoms with van der Waals surface area (Å²) >= 11 is 0. The quantitative estimate of drug-likeness (QED) is 0.402. The molecule has 0 atom stereocenters. The van der Waals surface area contributed by atoms with Gasteiger partial charge in [0.25, 0.3) is 5.56 Å². The molecule has 16 heavy (non-hydrogen) atoms. The number of aromatic nitrogens is 4. The molecule has 0 saturated carbocycles. The zero-order chi connectivity index (χ0) is 11.9. The van der Waals surface area contributed by atoms with Crippen LogP contribution < -0.4 is 16.9 Å². The monoisotopic (exact) mass is 225 g/mol. The predicted molar refractivity (Wildman–Crippen MR) is 51.9 cm³/mol. The predicted octanol–water partition coefficient (Wildman–Crippen LogP) is -2.21. The van der Waals surface area contributed by atoms with E-state index in [0.29, 0.717) is 0 Å². The van der Waals surface area contributed by atoms with Crippen LogP contribution in [0.15, 0.2) is 9.59 Å². The number of aliphatic hydroxyl groups excluding tert-OH is 1. The van der Waals surface area contributed by atoms with Gasteiger partial charge in [0.1, 0.15) is 5.69 Å². The fraction of sp³-hybridized carbons (Fsp3) is 0.143. The fourth-order valence-electron chi connectivity index (χ4n) is 1.22. The number of H-pyrrole nitrogens is 1. The SMILES string of the molecule is Nc1nc2c(nc(CO)c(=O)n2O)c(=O)[nH]1. The second-order valence-corrected chi connectivity index (χ2v) is 2.96. The number of fused-ring (bicyclic) bond motifs is 1. The number of hydrogen-bond acceptors (Lipinski definition) is 7. The van der Waals surface area contributed by atoms with Crippen molar-refractivity contribution in [1.29, 1.82) is 0 Å². The van der Waals surface area contributed by atoms with Crippen molar-refractivity contribution in [2.24, 2.45) is 0 Å². The summed E-state index contributed by atoms with van der Waals surface area (Å²) in [6, 6.07) is 0. The molecule has 9 nitrogen and oxygen atoms in total. The highest BCUT2D eigenvalue weighted by Gasteiger charge is 2.13. The molecule has 0 aliphatic rings. The van der Waals surface area contributed by atoms with Crippen LogP contribution in [0, 0.1) is 0 Å². The number of aliphatic hydroxyl groups is 1. The number of rotatable bonds is 1. The molecule has 84 valence electrons. The van der Waals surface area contributed by atoms with E-state index in [1.807, 2.05) is 0 Å². The third-order valence-corrected chi connectivity index (χ3v) is 1.93. The summed E-state index contributed by atoms with van der Waals surface area (Å²) in [6.45, 7) is -0.695. The topological polar surface area (TPSA) is 147 Å². The molecule has 2 heterocycles. The number of nitrogens with one attached hydrogen (secondary N) is 1. The van der Waals surface area contributed by atoms with E-state index in [9.17, 15) is 14.8 Å². The third-order valence-electron chi connectivity index (χ3n) is 1.93. The molecule has 2 aromatic heterocycles. The lowest BCUT2D eigenvalue weighted by Gasteiger charge is -2.03. The van der Waals surface area contributed by atoms with Gasteiger partial charge >= 0.3 is 5.56 Å². The van der Waals surface area contributed by atoms with Crippen molar-refractivity contribution in [3.8, 4) is 0 Å².